The topological polar surface area (TPSA) is 70.8 Å². The summed E-state index contributed by atoms with van der Waals surface area (Å²) in [5, 5.41) is 10.8. The zero-order valence-electron chi connectivity index (χ0n) is 20.6. The molecule has 3 aromatic rings. The standard InChI is InChI=1S/C28H34N4O3/c1-3-19-35-25-20-21(33)11-12-24(25)32-26(34)22-9-5-6-10-23(22)29-27(32)28(13-7-8-14-28)31-17-15-30(4-2)16-18-31/h3,5-6,9-12,19-20,33H,4,7-8,13-18H2,1-2H3/b19-3+. The lowest BCUT2D eigenvalue weighted by Crippen LogP contribution is -2.56. The predicted octanol–water partition coefficient (Wildman–Crippen LogP) is 4.41. The fourth-order valence-corrected chi connectivity index (χ4v) is 5.72. The van der Waals surface area contributed by atoms with Crippen molar-refractivity contribution in [3.8, 4) is 17.2 Å². The van der Waals surface area contributed by atoms with Crippen LogP contribution in [0.15, 0.2) is 59.6 Å². The number of phenolic OH excluding ortho intramolecular Hbond substituents is 1. The molecule has 1 saturated carbocycles. The monoisotopic (exact) mass is 474 g/mol. The number of hydrogen-bond acceptors (Lipinski definition) is 6. The Kier molecular flexibility index (Phi) is 6.62. The molecule has 0 amide bonds. The van der Waals surface area contributed by atoms with Crippen LogP contribution >= 0.6 is 0 Å². The summed E-state index contributed by atoms with van der Waals surface area (Å²) < 4.78 is 7.61. The van der Waals surface area contributed by atoms with E-state index in [1.807, 2.05) is 31.2 Å². The van der Waals surface area contributed by atoms with E-state index in [-0.39, 0.29) is 16.8 Å². The van der Waals surface area contributed by atoms with Gasteiger partial charge in [-0.3, -0.25) is 14.3 Å². The molecule has 1 aromatic heterocycles. The molecule has 1 saturated heterocycles. The number of ether oxygens (including phenoxy) is 1. The number of benzene rings is 2. The fourth-order valence-electron chi connectivity index (χ4n) is 5.72. The second-order valence-corrected chi connectivity index (χ2v) is 9.49. The number of piperazine rings is 1. The van der Waals surface area contributed by atoms with Crippen molar-refractivity contribution >= 4 is 10.9 Å². The molecule has 0 spiro atoms. The Morgan fingerprint density at radius 3 is 2.54 bits per heavy atom. The van der Waals surface area contributed by atoms with Crippen molar-refractivity contribution in [3.05, 3.63) is 71.0 Å². The van der Waals surface area contributed by atoms with Gasteiger partial charge in [-0.15, -0.1) is 0 Å². The Labute approximate surface area is 206 Å². The first-order valence-electron chi connectivity index (χ1n) is 12.7. The maximum atomic E-state index is 14.1. The molecule has 0 radical (unpaired) electrons. The zero-order valence-corrected chi connectivity index (χ0v) is 20.6. The molecular weight excluding hydrogens is 440 g/mol. The minimum Gasteiger partial charge on any atom is -0.508 e. The van der Waals surface area contributed by atoms with Gasteiger partial charge in [-0.25, -0.2) is 4.98 Å². The minimum atomic E-state index is -0.321. The van der Waals surface area contributed by atoms with Crippen molar-refractivity contribution in [2.24, 2.45) is 0 Å². The van der Waals surface area contributed by atoms with E-state index >= 15 is 0 Å². The van der Waals surface area contributed by atoms with Gasteiger partial charge in [-0.2, -0.15) is 0 Å². The lowest BCUT2D eigenvalue weighted by atomic mass is 9.91. The number of phenols is 1. The SMILES string of the molecule is C/C=C/Oc1cc(O)ccc1-n1c(C2(N3CCN(CC)CC3)CCCC2)nc2ccccc2c1=O. The highest BCUT2D eigenvalue weighted by atomic mass is 16.5. The molecule has 35 heavy (non-hydrogen) atoms. The van der Waals surface area contributed by atoms with Gasteiger partial charge in [0.1, 0.15) is 11.6 Å². The van der Waals surface area contributed by atoms with E-state index in [9.17, 15) is 9.90 Å². The van der Waals surface area contributed by atoms with Gasteiger partial charge < -0.3 is 14.7 Å². The highest BCUT2D eigenvalue weighted by molar-refractivity contribution is 5.78. The molecular formula is C28H34N4O3. The van der Waals surface area contributed by atoms with Crippen LogP contribution in [-0.4, -0.2) is 57.2 Å². The van der Waals surface area contributed by atoms with Crippen LogP contribution in [0.1, 0.15) is 45.4 Å². The molecule has 2 fully saturated rings. The Bertz CT molecular complexity index is 1290. The molecule has 7 nitrogen and oxygen atoms in total. The molecule has 2 aliphatic rings. The van der Waals surface area contributed by atoms with Crippen LogP contribution < -0.4 is 10.3 Å². The quantitative estimate of drug-likeness (QED) is 0.534. The summed E-state index contributed by atoms with van der Waals surface area (Å²) in [6.45, 7) is 9.07. The lowest BCUT2D eigenvalue weighted by Gasteiger charge is -2.46. The average molecular weight is 475 g/mol. The first-order chi connectivity index (χ1) is 17.1. The third-order valence-corrected chi connectivity index (χ3v) is 7.56. The summed E-state index contributed by atoms with van der Waals surface area (Å²) in [5.41, 5.74) is 0.883. The molecule has 2 aromatic carbocycles. The molecule has 5 rings (SSSR count). The summed E-state index contributed by atoms with van der Waals surface area (Å²) in [6.07, 6.45) is 7.48. The van der Waals surface area contributed by atoms with Crippen LogP contribution in [0.5, 0.6) is 11.5 Å². The minimum absolute atomic E-state index is 0.0860. The van der Waals surface area contributed by atoms with E-state index in [1.54, 1.807) is 35.1 Å². The van der Waals surface area contributed by atoms with E-state index in [0.717, 1.165) is 69.7 Å². The second kappa shape index (κ2) is 9.84. The van der Waals surface area contributed by atoms with Crippen LogP contribution in [0.3, 0.4) is 0 Å². The van der Waals surface area contributed by atoms with Gasteiger partial charge in [-0.1, -0.05) is 38.0 Å². The van der Waals surface area contributed by atoms with Gasteiger partial charge in [0.15, 0.2) is 5.75 Å². The molecule has 1 aliphatic carbocycles. The Hall–Kier alpha value is -3.16. The molecule has 2 heterocycles. The van der Waals surface area contributed by atoms with Crippen molar-refractivity contribution < 1.29 is 9.84 Å². The van der Waals surface area contributed by atoms with Gasteiger partial charge in [0.2, 0.25) is 0 Å². The van der Waals surface area contributed by atoms with E-state index in [4.69, 9.17) is 9.72 Å². The number of hydrogen-bond donors (Lipinski definition) is 1. The first-order valence-corrected chi connectivity index (χ1v) is 12.7. The number of likely N-dealkylation sites (N-methyl/N-ethyl adjacent to an activating group) is 1. The molecule has 1 N–H and O–H groups in total. The molecule has 0 unspecified atom stereocenters. The van der Waals surface area contributed by atoms with Gasteiger partial charge in [0.05, 0.1) is 28.4 Å². The van der Waals surface area contributed by atoms with Crippen molar-refractivity contribution in [2.75, 3.05) is 32.7 Å². The van der Waals surface area contributed by atoms with Crippen LogP contribution in [0, 0.1) is 0 Å². The fraction of sp³-hybridized carbons (Fsp3) is 0.429. The number of aromatic nitrogens is 2. The summed E-state index contributed by atoms with van der Waals surface area (Å²) in [6, 6.07) is 12.5. The largest absolute Gasteiger partial charge is 0.508 e. The Morgan fingerprint density at radius 1 is 1.09 bits per heavy atom. The van der Waals surface area contributed by atoms with Crippen molar-refractivity contribution in [3.63, 3.8) is 0 Å². The van der Waals surface area contributed by atoms with E-state index < -0.39 is 0 Å². The van der Waals surface area contributed by atoms with Gasteiger partial charge in [0, 0.05) is 32.2 Å². The molecule has 184 valence electrons. The van der Waals surface area contributed by atoms with E-state index in [0.29, 0.717) is 16.8 Å². The maximum Gasteiger partial charge on any atom is 0.266 e. The summed E-state index contributed by atoms with van der Waals surface area (Å²) in [4.78, 5) is 24.3. The Balaban J connectivity index is 1.76. The average Bonchev–Trinajstić information content (AvgIpc) is 3.39. The van der Waals surface area contributed by atoms with Crippen LogP contribution in [0.2, 0.25) is 0 Å². The third kappa shape index (κ3) is 4.23. The van der Waals surface area contributed by atoms with Crippen LogP contribution in [0.25, 0.3) is 16.6 Å². The highest BCUT2D eigenvalue weighted by Gasteiger charge is 2.46. The second-order valence-electron chi connectivity index (χ2n) is 9.49. The molecule has 7 heteroatoms. The van der Waals surface area contributed by atoms with Crippen LogP contribution in [0.4, 0.5) is 0 Å². The lowest BCUT2D eigenvalue weighted by molar-refractivity contribution is 0.0270. The summed E-state index contributed by atoms with van der Waals surface area (Å²) in [5.74, 6) is 1.29. The van der Waals surface area contributed by atoms with Gasteiger partial charge in [-0.05, 0) is 50.6 Å². The van der Waals surface area contributed by atoms with Crippen molar-refractivity contribution in [1.29, 1.82) is 0 Å². The molecule has 1 aliphatic heterocycles. The van der Waals surface area contributed by atoms with Crippen molar-refractivity contribution in [2.45, 2.75) is 45.1 Å². The zero-order chi connectivity index (χ0) is 24.4. The first kappa shape index (κ1) is 23.6. The van der Waals surface area contributed by atoms with Crippen molar-refractivity contribution in [1.82, 2.24) is 19.4 Å². The van der Waals surface area contributed by atoms with E-state index in [1.165, 1.54) is 0 Å². The predicted molar refractivity (Wildman–Crippen MR) is 138 cm³/mol. The highest BCUT2D eigenvalue weighted by Crippen LogP contribution is 2.45. The molecule has 0 bridgehead atoms. The van der Waals surface area contributed by atoms with Gasteiger partial charge >= 0.3 is 0 Å². The smallest absolute Gasteiger partial charge is 0.266 e. The number of fused-ring (bicyclic) bond motifs is 1. The normalized spacial score (nSPS) is 19.0. The maximum absolute atomic E-state index is 14.1. The number of allylic oxidation sites excluding steroid dienone is 1. The molecule has 0 atom stereocenters. The Morgan fingerprint density at radius 2 is 1.83 bits per heavy atom. The number of nitrogens with zero attached hydrogens (tertiary/aromatic N) is 4. The third-order valence-electron chi connectivity index (χ3n) is 7.56. The number of para-hydroxylation sites is 1. The van der Waals surface area contributed by atoms with Crippen LogP contribution in [-0.2, 0) is 5.54 Å². The summed E-state index contributed by atoms with van der Waals surface area (Å²) in [7, 11) is 0. The van der Waals surface area contributed by atoms with Gasteiger partial charge in [0.25, 0.3) is 5.56 Å². The van der Waals surface area contributed by atoms with E-state index in [2.05, 4.69) is 16.7 Å². The summed E-state index contributed by atoms with van der Waals surface area (Å²) >= 11 is 0. The number of rotatable bonds is 6. The number of aromatic hydroxyl groups is 1.